The number of hydrogen-bond donors (Lipinski definition) is 0. The van der Waals surface area contributed by atoms with Crippen LogP contribution in [-0.2, 0) is 13.8 Å². The van der Waals surface area contributed by atoms with Gasteiger partial charge < -0.3 is 0 Å². The highest BCUT2D eigenvalue weighted by Gasteiger charge is 2.52. The third-order valence-electron chi connectivity index (χ3n) is 0.535. The molecule has 0 unspecified atom stereocenters. The van der Waals surface area contributed by atoms with Crippen LogP contribution in [0.25, 0.3) is 0 Å². The third kappa shape index (κ3) is 1.60. The number of rotatable bonds is 2. The summed E-state index contributed by atoms with van der Waals surface area (Å²) >= 11 is 0. The van der Waals surface area contributed by atoms with Gasteiger partial charge in [-0.15, -0.1) is 0 Å². The first kappa shape index (κ1) is 9.70. The van der Waals surface area contributed by atoms with Gasteiger partial charge in [-0.1, -0.05) is 0 Å². The van der Waals surface area contributed by atoms with Gasteiger partial charge in [0.05, 0.1) is 0 Å². The molecule has 0 aliphatic rings. The van der Waals surface area contributed by atoms with E-state index in [1.165, 1.54) is 0 Å². The van der Waals surface area contributed by atoms with Gasteiger partial charge in [0.25, 0.3) is 0 Å². The van der Waals surface area contributed by atoms with Crippen molar-refractivity contribution in [2.24, 2.45) is 0 Å². The molecule has 0 atom stereocenters. The standard InChI is InChI=1S/C2ClF3O3S/c3-10(8,9)2(5,6)1(4)7. The Balaban J connectivity index is 4.95. The normalized spacial score (nSPS) is 13.2. The molecule has 10 heavy (non-hydrogen) atoms. The first-order valence-corrected chi connectivity index (χ1v) is 4.02. The molecule has 0 aromatic rings. The average Bonchev–Trinajstić information content (AvgIpc) is 1.62. The maximum atomic E-state index is 11.6. The molecule has 8 heteroatoms. The van der Waals surface area contributed by atoms with Crippen LogP contribution in [0.15, 0.2) is 0 Å². The SMILES string of the molecule is O=C(F)C(F)(F)S(=O)(=O)Cl. The van der Waals surface area contributed by atoms with Crippen LogP contribution in [0, 0.1) is 0 Å². The Kier molecular flexibility index (Phi) is 2.32. The number of hydrogen-bond acceptors (Lipinski definition) is 3. The van der Waals surface area contributed by atoms with E-state index in [4.69, 9.17) is 0 Å². The zero-order chi connectivity index (χ0) is 8.58. The number of carbonyl (C=O) groups excluding carboxylic acids is 1. The fraction of sp³-hybridized carbons (Fsp3) is 0.500. The van der Waals surface area contributed by atoms with Crippen molar-refractivity contribution in [1.29, 1.82) is 0 Å². The lowest BCUT2D eigenvalue weighted by Gasteiger charge is -2.03. The van der Waals surface area contributed by atoms with E-state index in [0.717, 1.165) is 0 Å². The first-order chi connectivity index (χ1) is 4.19. The minimum absolute atomic E-state index is 3.29. The Morgan fingerprint density at radius 1 is 1.40 bits per heavy atom. The van der Waals surface area contributed by atoms with Gasteiger partial charge in [-0.05, 0) is 0 Å². The van der Waals surface area contributed by atoms with Gasteiger partial charge >= 0.3 is 20.3 Å². The number of carbonyl (C=O) groups is 1. The summed E-state index contributed by atoms with van der Waals surface area (Å²) in [5.74, 6) is 0. The molecule has 0 bridgehead atoms. The van der Waals surface area contributed by atoms with Crippen LogP contribution in [0.4, 0.5) is 13.2 Å². The van der Waals surface area contributed by atoms with Crippen molar-refractivity contribution in [2.75, 3.05) is 0 Å². The Hall–Kier alpha value is -0.300. The molecule has 0 spiro atoms. The molecular formula is C2ClF3O3S. The van der Waals surface area contributed by atoms with Crippen LogP contribution < -0.4 is 0 Å². The van der Waals surface area contributed by atoms with E-state index in [9.17, 15) is 26.4 Å². The number of halogens is 4. The maximum Gasteiger partial charge on any atom is 0.447 e. The highest BCUT2D eigenvalue weighted by atomic mass is 35.7. The molecule has 0 aromatic heterocycles. The molecule has 0 aromatic carbocycles. The van der Waals surface area contributed by atoms with Crippen molar-refractivity contribution in [1.82, 2.24) is 0 Å². The summed E-state index contributed by atoms with van der Waals surface area (Å²) in [6.45, 7) is 0. The molecule has 0 rings (SSSR count). The van der Waals surface area contributed by atoms with E-state index in [1.807, 2.05) is 0 Å². The summed E-state index contributed by atoms with van der Waals surface area (Å²) in [5.41, 5.74) is 0. The van der Waals surface area contributed by atoms with Gasteiger partial charge in [-0.2, -0.15) is 13.2 Å². The highest BCUT2D eigenvalue weighted by molar-refractivity contribution is 8.15. The summed E-state index contributed by atoms with van der Waals surface area (Å²) in [7, 11) is -1.51. The molecule has 0 amide bonds. The molecule has 0 radical (unpaired) electrons. The van der Waals surface area contributed by atoms with Gasteiger partial charge in [-0.25, -0.2) is 8.42 Å². The lowest BCUT2D eigenvalue weighted by molar-refractivity contribution is -0.144. The van der Waals surface area contributed by atoms with E-state index in [-0.39, 0.29) is 0 Å². The van der Waals surface area contributed by atoms with Crippen LogP contribution in [0.3, 0.4) is 0 Å². The molecule has 0 N–H and O–H groups in total. The Bertz CT molecular complexity index is 244. The van der Waals surface area contributed by atoms with E-state index < -0.39 is 20.3 Å². The van der Waals surface area contributed by atoms with Gasteiger partial charge in [-0.3, -0.25) is 4.79 Å². The van der Waals surface area contributed by atoms with Crippen LogP contribution in [0.1, 0.15) is 0 Å². The summed E-state index contributed by atoms with van der Waals surface area (Å²) in [6, 6.07) is -3.29. The zero-order valence-corrected chi connectivity index (χ0v) is 5.72. The molecule has 0 heterocycles. The second-order valence-electron chi connectivity index (χ2n) is 1.23. The summed E-state index contributed by atoms with van der Waals surface area (Å²) in [5, 5.41) is -5.13. The lowest BCUT2D eigenvalue weighted by atomic mass is 10.8. The molecular weight excluding hydrogens is 197 g/mol. The monoisotopic (exact) mass is 196 g/mol. The molecule has 0 fully saturated rings. The van der Waals surface area contributed by atoms with Gasteiger partial charge in [0, 0.05) is 10.7 Å². The largest absolute Gasteiger partial charge is 0.447 e. The smallest absolute Gasteiger partial charge is 0.253 e. The zero-order valence-electron chi connectivity index (χ0n) is 4.14. The molecule has 3 nitrogen and oxygen atoms in total. The molecule has 0 saturated heterocycles. The van der Waals surface area contributed by atoms with E-state index in [2.05, 4.69) is 10.7 Å². The quantitative estimate of drug-likeness (QED) is 0.609. The first-order valence-electron chi connectivity index (χ1n) is 1.71. The summed E-state index contributed by atoms with van der Waals surface area (Å²) in [4.78, 5) is 9.23. The van der Waals surface area contributed by atoms with Crippen molar-refractivity contribution in [3.63, 3.8) is 0 Å². The van der Waals surface area contributed by atoms with Crippen molar-refractivity contribution in [3.8, 4) is 0 Å². The van der Waals surface area contributed by atoms with Gasteiger partial charge in [0.1, 0.15) is 0 Å². The topological polar surface area (TPSA) is 51.2 Å². The van der Waals surface area contributed by atoms with Gasteiger partial charge in [0.15, 0.2) is 0 Å². The van der Waals surface area contributed by atoms with Crippen LogP contribution in [-0.4, -0.2) is 19.7 Å². The fourth-order valence-electron chi connectivity index (χ4n) is 0.0958. The van der Waals surface area contributed by atoms with Crippen LogP contribution in [0.2, 0.25) is 0 Å². The van der Waals surface area contributed by atoms with Crippen LogP contribution in [0.5, 0.6) is 0 Å². The molecule has 0 saturated carbocycles. The third-order valence-corrected chi connectivity index (χ3v) is 1.89. The Labute approximate surface area is 58.2 Å². The molecule has 60 valence electrons. The minimum Gasteiger partial charge on any atom is -0.253 e. The predicted molar refractivity (Wildman–Crippen MR) is 25.8 cm³/mol. The Morgan fingerprint density at radius 3 is 1.70 bits per heavy atom. The van der Waals surface area contributed by atoms with Crippen molar-refractivity contribution < 1.29 is 26.4 Å². The van der Waals surface area contributed by atoms with E-state index in [0.29, 0.717) is 0 Å². The van der Waals surface area contributed by atoms with Crippen molar-refractivity contribution in [3.05, 3.63) is 0 Å². The maximum absolute atomic E-state index is 11.6. The van der Waals surface area contributed by atoms with Crippen molar-refractivity contribution in [2.45, 2.75) is 5.25 Å². The minimum atomic E-state index is -5.49. The lowest BCUT2D eigenvalue weighted by Crippen LogP contribution is -2.31. The second-order valence-corrected chi connectivity index (χ2v) is 3.84. The predicted octanol–water partition coefficient (Wildman–Crippen LogP) is 0.644. The summed E-state index contributed by atoms with van der Waals surface area (Å²) in [6.07, 6.45) is 0. The van der Waals surface area contributed by atoms with Gasteiger partial charge in [0.2, 0.25) is 0 Å². The number of alkyl halides is 2. The van der Waals surface area contributed by atoms with E-state index in [1.54, 1.807) is 0 Å². The molecule has 0 aliphatic carbocycles. The summed E-state index contributed by atoms with van der Waals surface area (Å²) < 4.78 is 53.6. The Morgan fingerprint density at radius 2 is 1.70 bits per heavy atom. The highest BCUT2D eigenvalue weighted by Crippen LogP contribution is 2.26. The van der Waals surface area contributed by atoms with Crippen LogP contribution >= 0.6 is 10.7 Å². The second kappa shape index (κ2) is 2.39. The van der Waals surface area contributed by atoms with Crippen molar-refractivity contribution >= 4 is 25.8 Å². The molecule has 0 aliphatic heterocycles. The van der Waals surface area contributed by atoms with E-state index >= 15 is 0 Å². The fourth-order valence-corrected chi connectivity index (χ4v) is 0.470. The average molecular weight is 197 g/mol.